The minimum absolute atomic E-state index is 0.0337. The largest absolute Gasteiger partial charge is 0.466 e. The van der Waals surface area contributed by atoms with Crippen LogP contribution >= 0.6 is 0 Å². The molecule has 0 spiro atoms. The third-order valence-electron chi connectivity index (χ3n) is 3.79. The monoisotopic (exact) mass is 265 g/mol. The van der Waals surface area contributed by atoms with Gasteiger partial charge in [0.25, 0.3) is 0 Å². The first-order chi connectivity index (χ1) is 9.01. The second-order valence-electron chi connectivity index (χ2n) is 5.17. The van der Waals surface area contributed by atoms with Gasteiger partial charge < -0.3 is 14.7 Å². The Balaban J connectivity index is 2.43. The molecule has 0 radical (unpaired) electrons. The van der Waals surface area contributed by atoms with E-state index >= 15 is 0 Å². The Morgan fingerprint density at radius 3 is 2.79 bits per heavy atom. The standard InChI is InChI=1S/C14H19NO4/c1-8(2)15-6-11(14(18)19-3)10-5-4-9(7-16)12(10)13(15)17/h4,6,8,10,12,16H,5,7H2,1-3H3/t10-,12-/m1/s1. The molecule has 1 amide bonds. The van der Waals surface area contributed by atoms with Crippen molar-refractivity contribution in [2.75, 3.05) is 13.7 Å². The van der Waals surface area contributed by atoms with Gasteiger partial charge in [0.1, 0.15) is 0 Å². The summed E-state index contributed by atoms with van der Waals surface area (Å²) in [5, 5.41) is 9.35. The topological polar surface area (TPSA) is 66.8 Å². The van der Waals surface area contributed by atoms with E-state index in [0.717, 1.165) is 0 Å². The highest BCUT2D eigenvalue weighted by Gasteiger charge is 2.45. The molecule has 1 heterocycles. The van der Waals surface area contributed by atoms with Gasteiger partial charge in [-0.05, 0) is 25.8 Å². The number of allylic oxidation sites excluding steroid dienone is 1. The number of rotatable bonds is 3. The van der Waals surface area contributed by atoms with Crippen molar-refractivity contribution in [1.29, 1.82) is 0 Å². The molecular weight excluding hydrogens is 246 g/mol. The molecule has 5 heteroatoms. The number of hydrogen-bond donors (Lipinski definition) is 1. The van der Waals surface area contributed by atoms with Gasteiger partial charge in [-0.25, -0.2) is 4.79 Å². The van der Waals surface area contributed by atoms with E-state index in [4.69, 9.17) is 4.74 Å². The van der Waals surface area contributed by atoms with Crippen LogP contribution in [0.25, 0.3) is 0 Å². The van der Waals surface area contributed by atoms with Gasteiger partial charge in [0.05, 0.1) is 25.2 Å². The maximum Gasteiger partial charge on any atom is 0.335 e. The summed E-state index contributed by atoms with van der Waals surface area (Å²) in [5.74, 6) is -1.07. The molecule has 2 atom stereocenters. The second-order valence-corrected chi connectivity index (χ2v) is 5.17. The van der Waals surface area contributed by atoms with Gasteiger partial charge in [0.2, 0.25) is 5.91 Å². The van der Waals surface area contributed by atoms with Crippen molar-refractivity contribution in [3.63, 3.8) is 0 Å². The zero-order chi connectivity index (χ0) is 14.2. The molecule has 0 aromatic carbocycles. The molecule has 1 N–H and O–H groups in total. The Hall–Kier alpha value is -1.62. The molecule has 2 rings (SSSR count). The van der Waals surface area contributed by atoms with Gasteiger partial charge in [0, 0.05) is 18.2 Å². The summed E-state index contributed by atoms with van der Waals surface area (Å²) in [6, 6.07) is -0.0337. The van der Waals surface area contributed by atoms with E-state index in [-0.39, 0.29) is 24.5 Å². The Kier molecular flexibility index (Phi) is 3.75. The van der Waals surface area contributed by atoms with Gasteiger partial charge in [-0.15, -0.1) is 0 Å². The molecule has 0 bridgehead atoms. The molecule has 19 heavy (non-hydrogen) atoms. The molecule has 0 unspecified atom stereocenters. The van der Waals surface area contributed by atoms with E-state index in [1.165, 1.54) is 7.11 Å². The molecule has 0 aromatic rings. The highest BCUT2D eigenvalue weighted by Crippen LogP contribution is 2.41. The molecule has 2 aliphatic rings. The van der Waals surface area contributed by atoms with Crippen molar-refractivity contribution in [3.05, 3.63) is 23.4 Å². The van der Waals surface area contributed by atoms with Gasteiger partial charge in [0.15, 0.2) is 0 Å². The number of aliphatic hydroxyl groups is 1. The number of methoxy groups -OCH3 is 1. The van der Waals surface area contributed by atoms with Gasteiger partial charge in [-0.2, -0.15) is 0 Å². The van der Waals surface area contributed by atoms with E-state index in [1.54, 1.807) is 11.1 Å². The summed E-state index contributed by atoms with van der Waals surface area (Å²) in [7, 11) is 1.34. The fourth-order valence-electron chi connectivity index (χ4n) is 2.80. The van der Waals surface area contributed by atoms with Crippen molar-refractivity contribution in [2.45, 2.75) is 26.3 Å². The maximum absolute atomic E-state index is 12.5. The van der Waals surface area contributed by atoms with Crippen molar-refractivity contribution in [1.82, 2.24) is 4.90 Å². The number of aliphatic hydroxyl groups excluding tert-OH is 1. The molecule has 1 aliphatic heterocycles. The van der Waals surface area contributed by atoms with Crippen molar-refractivity contribution < 1.29 is 19.4 Å². The Labute approximate surface area is 112 Å². The molecular formula is C14H19NO4. The lowest BCUT2D eigenvalue weighted by atomic mass is 9.81. The number of ether oxygens (including phenoxy) is 1. The van der Waals surface area contributed by atoms with Crippen molar-refractivity contribution >= 4 is 11.9 Å². The van der Waals surface area contributed by atoms with Crippen LogP contribution in [0.3, 0.4) is 0 Å². The summed E-state index contributed by atoms with van der Waals surface area (Å²) in [4.78, 5) is 25.9. The fraction of sp³-hybridized carbons (Fsp3) is 0.571. The van der Waals surface area contributed by atoms with Crippen LogP contribution in [-0.4, -0.2) is 41.6 Å². The van der Waals surface area contributed by atoms with Gasteiger partial charge >= 0.3 is 5.97 Å². The molecule has 0 saturated heterocycles. The van der Waals surface area contributed by atoms with E-state index in [0.29, 0.717) is 17.6 Å². The van der Waals surface area contributed by atoms with Crippen LogP contribution in [-0.2, 0) is 14.3 Å². The Morgan fingerprint density at radius 1 is 1.58 bits per heavy atom. The lowest BCUT2D eigenvalue weighted by Gasteiger charge is -2.35. The first-order valence-corrected chi connectivity index (χ1v) is 6.43. The van der Waals surface area contributed by atoms with E-state index in [1.807, 2.05) is 19.9 Å². The normalized spacial score (nSPS) is 26.2. The lowest BCUT2D eigenvalue weighted by Crippen LogP contribution is -2.45. The van der Waals surface area contributed by atoms with Gasteiger partial charge in [-0.1, -0.05) is 6.08 Å². The van der Waals surface area contributed by atoms with Crippen LogP contribution in [0.2, 0.25) is 0 Å². The van der Waals surface area contributed by atoms with Crippen LogP contribution in [0.4, 0.5) is 0 Å². The summed E-state index contributed by atoms with van der Waals surface area (Å²) in [6.45, 7) is 3.63. The number of esters is 1. The smallest absolute Gasteiger partial charge is 0.335 e. The average Bonchev–Trinajstić information content (AvgIpc) is 2.82. The minimum atomic E-state index is -0.425. The second kappa shape index (κ2) is 5.17. The van der Waals surface area contributed by atoms with E-state index in [9.17, 15) is 14.7 Å². The molecule has 0 saturated carbocycles. The van der Waals surface area contributed by atoms with Crippen LogP contribution < -0.4 is 0 Å². The summed E-state index contributed by atoms with van der Waals surface area (Å²) >= 11 is 0. The lowest BCUT2D eigenvalue weighted by molar-refractivity contribution is -0.140. The highest BCUT2D eigenvalue weighted by atomic mass is 16.5. The maximum atomic E-state index is 12.5. The Morgan fingerprint density at radius 2 is 2.26 bits per heavy atom. The first kappa shape index (κ1) is 13.8. The number of nitrogens with zero attached hydrogens (tertiary/aromatic N) is 1. The number of amides is 1. The van der Waals surface area contributed by atoms with Crippen LogP contribution in [0, 0.1) is 11.8 Å². The third kappa shape index (κ3) is 2.18. The molecule has 5 nitrogen and oxygen atoms in total. The van der Waals surface area contributed by atoms with E-state index < -0.39 is 11.9 Å². The van der Waals surface area contributed by atoms with Crippen LogP contribution in [0.5, 0.6) is 0 Å². The summed E-state index contributed by atoms with van der Waals surface area (Å²) in [5.41, 5.74) is 1.22. The van der Waals surface area contributed by atoms with Crippen LogP contribution in [0.1, 0.15) is 20.3 Å². The Bertz CT molecular complexity index is 464. The van der Waals surface area contributed by atoms with Gasteiger partial charge in [-0.3, -0.25) is 4.79 Å². The summed E-state index contributed by atoms with van der Waals surface area (Å²) < 4.78 is 4.80. The SMILES string of the molecule is COC(=O)C1=CN(C(C)C)C(=O)[C@@H]2C(CO)=CC[C@H]12. The average molecular weight is 265 g/mol. The molecule has 104 valence electrons. The zero-order valence-corrected chi connectivity index (χ0v) is 11.4. The number of hydrogen-bond acceptors (Lipinski definition) is 4. The number of fused-ring (bicyclic) bond motifs is 1. The predicted octanol–water partition coefficient (Wildman–Crippen LogP) is 0.849. The minimum Gasteiger partial charge on any atom is -0.466 e. The molecule has 0 aromatic heterocycles. The molecule has 0 fully saturated rings. The fourth-order valence-corrected chi connectivity index (χ4v) is 2.80. The predicted molar refractivity (Wildman–Crippen MR) is 68.8 cm³/mol. The third-order valence-corrected chi connectivity index (χ3v) is 3.79. The zero-order valence-electron chi connectivity index (χ0n) is 11.4. The van der Waals surface area contributed by atoms with Crippen molar-refractivity contribution in [2.24, 2.45) is 11.8 Å². The number of carbonyl (C=O) groups excluding carboxylic acids is 2. The first-order valence-electron chi connectivity index (χ1n) is 6.43. The summed E-state index contributed by atoms with van der Waals surface area (Å²) in [6.07, 6.45) is 4.06. The highest BCUT2D eigenvalue weighted by molar-refractivity contribution is 5.95. The van der Waals surface area contributed by atoms with E-state index in [2.05, 4.69) is 0 Å². The quantitative estimate of drug-likeness (QED) is 0.607. The van der Waals surface area contributed by atoms with Crippen molar-refractivity contribution in [3.8, 4) is 0 Å². The molecule has 1 aliphatic carbocycles. The number of carbonyl (C=O) groups is 2. The van der Waals surface area contributed by atoms with Crippen LogP contribution in [0.15, 0.2) is 23.4 Å².